The molecule has 0 aromatic heterocycles. The summed E-state index contributed by atoms with van der Waals surface area (Å²) in [5.74, 6) is 0.781. The Morgan fingerprint density at radius 1 is 1.19 bits per heavy atom. The summed E-state index contributed by atoms with van der Waals surface area (Å²) >= 11 is 6.08. The second-order valence-electron chi connectivity index (χ2n) is 6.81. The lowest BCUT2D eigenvalue weighted by molar-refractivity contribution is 0.00406. The maximum Gasteiger partial charge on any atom is 0.410 e. The number of fused-ring (bicyclic) bond motifs is 1. The van der Waals surface area contributed by atoms with Crippen LogP contribution in [-0.2, 0) is 11.3 Å². The molecule has 0 atom stereocenters. The van der Waals surface area contributed by atoms with E-state index in [-0.39, 0.29) is 11.7 Å². The van der Waals surface area contributed by atoms with Gasteiger partial charge in [0.1, 0.15) is 18.0 Å². The summed E-state index contributed by atoms with van der Waals surface area (Å²) < 4.78 is 11.7. The molecule has 2 aliphatic rings. The molecule has 4 rings (SSSR count). The molecule has 0 radical (unpaired) electrons. The molecule has 0 bridgehead atoms. The molecule has 136 valence electrons. The van der Waals surface area contributed by atoms with E-state index in [1.807, 2.05) is 48.5 Å². The van der Waals surface area contributed by atoms with Crippen LogP contribution in [0.1, 0.15) is 18.4 Å². The Morgan fingerprint density at radius 3 is 2.73 bits per heavy atom. The number of piperidine rings is 1. The number of halogens is 1. The summed E-state index contributed by atoms with van der Waals surface area (Å²) in [5.41, 5.74) is 1.65. The zero-order valence-corrected chi connectivity index (χ0v) is 15.2. The normalized spacial score (nSPS) is 17.8. The Balaban J connectivity index is 1.33. The summed E-state index contributed by atoms with van der Waals surface area (Å²) in [6.07, 6.45) is 1.25. The fourth-order valence-electron chi connectivity index (χ4n) is 3.44. The van der Waals surface area contributed by atoms with Gasteiger partial charge in [0, 0.05) is 37.0 Å². The maximum atomic E-state index is 12.3. The van der Waals surface area contributed by atoms with Crippen LogP contribution in [0.5, 0.6) is 5.75 Å². The van der Waals surface area contributed by atoms with E-state index in [0.29, 0.717) is 24.7 Å². The number of anilines is 1. The Morgan fingerprint density at radius 2 is 1.96 bits per heavy atom. The molecule has 2 aromatic rings. The standard InChI is InChI=1S/C20H21ClN2O3/c21-16-6-7-17-18(12-16)26-20(14-22-17)8-10-23(11-9-20)19(24)25-13-15-4-2-1-3-5-15/h1-7,12,22H,8-11,13-14H2. The summed E-state index contributed by atoms with van der Waals surface area (Å²) in [6, 6.07) is 15.3. The van der Waals surface area contributed by atoms with Gasteiger partial charge in [-0.25, -0.2) is 4.79 Å². The van der Waals surface area contributed by atoms with Gasteiger partial charge >= 0.3 is 6.09 Å². The first-order valence-corrected chi connectivity index (χ1v) is 9.19. The summed E-state index contributed by atoms with van der Waals surface area (Å²) in [7, 11) is 0. The van der Waals surface area contributed by atoms with Gasteiger partial charge in [-0.3, -0.25) is 0 Å². The number of nitrogens with zero attached hydrogens (tertiary/aromatic N) is 1. The van der Waals surface area contributed by atoms with Gasteiger partial charge in [-0.2, -0.15) is 0 Å². The number of likely N-dealkylation sites (tertiary alicyclic amines) is 1. The molecule has 2 aromatic carbocycles. The van der Waals surface area contributed by atoms with E-state index in [1.165, 1.54) is 0 Å². The Hall–Kier alpha value is -2.40. The lowest BCUT2D eigenvalue weighted by Gasteiger charge is -2.44. The van der Waals surface area contributed by atoms with E-state index in [0.717, 1.165) is 36.4 Å². The first kappa shape index (κ1) is 17.0. The van der Waals surface area contributed by atoms with Crippen LogP contribution in [0, 0.1) is 0 Å². The van der Waals surface area contributed by atoms with Crippen LogP contribution >= 0.6 is 11.6 Å². The van der Waals surface area contributed by atoms with Crippen molar-refractivity contribution in [2.45, 2.75) is 25.0 Å². The van der Waals surface area contributed by atoms with Gasteiger partial charge in [0.15, 0.2) is 0 Å². The number of nitrogens with one attached hydrogen (secondary N) is 1. The number of carbonyl (C=O) groups is 1. The Labute approximate surface area is 157 Å². The molecule has 1 saturated heterocycles. The first-order valence-electron chi connectivity index (χ1n) is 8.82. The SMILES string of the molecule is O=C(OCc1ccccc1)N1CCC2(CC1)CNc1ccc(Cl)cc1O2. The molecule has 1 spiro atoms. The van der Waals surface area contributed by atoms with E-state index in [9.17, 15) is 4.79 Å². The molecule has 2 heterocycles. The molecule has 1 amide bonds. The van der Waals surface area contributed by atoms with Crippen molar-refractivity contribution in [2.75, 3.05) is 25.0 Å². The molecule has 26 heavy (non-hydrogen) atoms. The van der Waals surface area contributed by atoms with Crippen molar-refractivity contribution in [3.05, 3.63) is 59.1 Å². The fraction of sp³-hybridized carbons (Fsp3) is 0.350. The van der Waals surface area contributed by atoms with Crippen molar-refractivity contribution >= 4 is 23.4 Å². The molecule has 5 nitrogen and oxygen atoms in total. The van der Waals surface area contributed by atoms with Crippen LogP contribution in [0.25, 0.3) is 0 Å². The highest BCUT2D eigenvalue weighted by atomic mass is 35.5. The molecular weight excluding hydrogens is 352 g/mol. The minimum atomic E-state index is -0.298. The number of hydrogen-bond donors (Lipinski definition) is 1. The van der Waals surface area contributed by atoms with E-state index < -0.39 is 0 Å². The van der Waals surface area contributed by atoms with Crippen LogP contribution in [0.2, 0.25) is 5.02 Å². The summed E-state index contributed by atoms with van der Waals surface area (Å²) in [6.45, 7) is 2.26. The Kier molecular flexibility index (Phi) is 4.64. The monoisotopic (exact) mass is 372 g/mol. The van der Waals surface area contributed by atoms with Crippen molar-refractivity contribution < 1.29 is 14.3 Å². The number of hydrogen-bond acceptors (Lipinski definition) is 4. The van der Waals surface area contributed by atoms with Gasteiger partial charge in [-0.1, -0.05) is 41.9 Å². The van der Waals surface area contributed by atoms with Crippen LogP contribution in [0.3, 0.4) is 0 Å². The largest absolute Gasteiger partial charge is 0.483 e. The highest BCUT2D eigenvalue weighted by Crippen LogP contribution is 2.39. The summed E-state index contributed by atoms with van der Waals surface area (Å²) in [4.78, 5) is 14.1. The van der Waals surface area contributed by atoms with E-state index in [1.54, 1.807) is 4.90 Å². The minimum Gasteiger partial charge on any atom is -0.483 e. The number of ether oxygens (including phenoxy) is 2. The lowest BCUT2D eigenvalue weighted by Crippen LogP contribution is -2.54. The van der Waals surface area contributed by atoms with Crippen molar-refractivity contribution in [3.8, 4) is 5.75 Å². The minimum absolute atomic E-state index is 0.268. The number of carbonyl (C=O) groups excluding carboxylic acids is 1. The highest BCUT2D eigenvalue weighted by molar-refractivity contribution is 6.30. The zero-order chi connectivity index (χ0) is 18.0. The lowest BCUT2D eigenvalue weighted by atomic mass is 9.89. The van der Waals surface area contributed by atoms with Crippen molar-refractivity contribution in [1.82, 2.24) is 4.90 Å². The van der Waals surface area contributed by atoms with Gasteiger partial charge in [0.2, 0.25) is 0 Å². The molecule has 2 aliphatic heterocycles. The van der Waals surface area contributed by atoms with E-state index in [2.05, 4.69) is 5.32 Å². The van der Waals surface area contributed by atoms with Crippen molar-refractivity contribution in [3.63, 3.8) is 0 Å². The zero-order valence-electron chi connectivity index (χ0n) is 14.4. The topological polar surface area (TPSA) is 50.8 Å². The molecule has 0 unspecified atom stereocenters. The molecule has 0 aliphatic carbocycles. The second kappa shape index (κ2) is 7.08. The molecule has 0 saturated carbocycles. The van der Waals surface area contributed by atoms with Crippen LogP contribution in [-0.4, -0.2) is 36.2 Å². The third kappa shape index (κ3) is 3.58. The Bertz CT molecular complexity index is 789. The third-order valence-electron chi connectivity index (χ3n) is 5.01. The summed E-state index contributed by atoms with van der Waals surface area (Å²) in [5, 5.41) is 4.08. The quantitative estimate of drug-likeness (QED) is 0.853. The van der Waals surface area contributed by atoms with Gasteiger partial charge in [0.05, 0.1) is 12.2 Å². The smallest absolute Gasteiger partial charge is 0.410 e. The highest BCUT2D eigenvalue weighted by Gasteiger charge is 2.41. The molecular formula is C20H21ClN2O3. The molecule has 6 heteroatoms. The average Bonchev–Trinajstić information content (AvgIpc) is 2.67. The van der Waals surface area contributed by atoms with Gasteiger partial charge in [-0.05, 0) is 17.7 Å². The van der Waals surface area contributed by atoms with Gasteiger partial charge < -0.3 is 19.7 Å². The van der Waals surface area contributed by atoms with Crippen LogP contribution in [0.15, 0.2) is 48.5 Å². The maximum absolute atomic E-state index is 12.3. The predicted molar refractivity (Wildman–Crippen MR) is 101 cm³/mol. The van der Waals surface area contributed by atoms with Crippen molar-refractivity contribution in [2.24, 2.45) is 0 Å². The second-order valence-corrected chi connectivity index (χ2v) is 7.24. The van der Waals surface area contributed by atoms with Crippen LogP contribution < -0.4 is 10.1 Å². The first-order chi connectivity index (χ1) is 12.6. The average molecular weight is 373 g/mol. The fourth-order valence-corrected chi connectivity index (χ4v) is 3.60. The number of benzene rings is 2. The van der Waals surface area contributed by atoms with E-state index in [4.69, 9.17) is 21.1 Å². The number of rotatable bonds is 2. The van der Waals surface area contributed by atoms with Crippen LogP contribution in [0.4, 0.5) is 10.5 Å². The molecule has 1 N–H and O–H groups in total. The van der Waals surface area contributed by atoms with Crippen molar-refractivity contribution in [1.29, 1.82) is 0 Å². The van der Waals surface area contributed by atoms with E-state index >= 15 is 0 Å². The van der Waals surface area contributed by atoms with Gasteiger partial charge in [-0.15, -0.1) is 0 Å². The number of amides is 1. The predicted octanol–water partition coefficient (Wildman–Crippen LogP) is 4.32. The third-order valence-corrected chi connectivity index (χ3v) is 5.24. The van der Waals surface area contributed by atoms with Gasteiger partial charge in [0.25, 0.3) is 0 Å². The molecule has 1 fully saturated rings.